The van der Waals surface area contributed by atoms with Crippen molar-refractivity contribution in [3.05, 3.63) is 45.9 Å². The van der Waals surface area contributed by atoms with Crippen LogP contribution in [0.2, 0.25) is 10.0 Å². The van der Waals surface area contributed by atoms with E-state index < -0.39 is 0 Å². The number of ether oxygens (including phenoxy) is 3. The van der Waals surface area contributed by atoms with Crippen LogP contribution in [-0.4, -0.2) is 54.1 Å². The summed E-state index contributed by atoms with van der Waals surface area (Å²) in [6.07, 6.45) is 0.953. The molecule has 1 aliphatic rings. The van der Waals surface area contributed by atoms with E-state index in [1.807, 2.05) is 24.3 Å². The van der Waals surface area contributed by atoms with Crippen LogP contribution in [0.25, 0.3) is 0 Å². The zero-order chi connectivity index (χ0) is 20.1. The number of quaternary nitrogens is 1. The monoisotopic (exact) mass is 425 g/mol. The van der Waals surface area contributed by atoms with Gasteiger partial charge in [-0.1, -0.05) is 23.2 Å². The first-order valence-corrected chi connectivity index (χ1v) is 10.1. The average molecular weight is 426 g/mol. The topological polar surface area (TPSA) is 35.4 Å². The number of rotatable bonds is 7. The highest BCUT2D eigenvalue weighted by molar-refractivity contribution is 6.35. The second-order valence-corrected chi connectivity index (χ2v) is 7.77. The number of halogens is 2. The highest BCUT2D eigenvalue weighted by Gasteiger charge is 2.21. The van der Waals surface area contributed by atoms with Gasteiger partial charge in [0.25, 0.3) is 0 Å². The fourth-order valence-corrected chi connectivity index (χ4v) is 4.17. The van der Waals surface area contributed by atoms with E-state index in [1.54, 1.807) is 32.3 Å². The van der Waals surface area contributed by atoms with E-state index in [0.29, 0.717) is 27.3 Å². The Morgan fingerprint density at radius 1 is 0.857 bits per heavy atom. The van der Waals surface area contributed by atoms with Crippen molar-refractivity contribution in [2.24, 2.45) is 0 Å². The molecule has 7 heteroatoms. The smallest absolute Gasteiger partial charge is 0.203 e. The van der Waals surface area contributed by atoms with Crippen LogP contribution < -0.4 is 24.0 Å². The van der Waals surface area contributed by atoms with Crippen molar-refractivity contribution in [1.29, 1.82) is 0 Å². The van der Waals surface area contributed by atoms with Gasteiger partial charge in [0.2, 0.25) is 5.75 Å². The second kappa shape index (κ2) is 9.59. The van der Waals surface area contributed by atoms with E-state index in [4.69, 9.17) is 37.4 Å². The highest BCUT2D eigenvalue weighted by Crippen LogP contribution is 2.38. The van der Waals surface area contributed by atoms with Crippen LogP contribution in [0.5, 0.6) is 17.2 Å². The van der Waals surface area contributed by atoms with Gasteiger partial charge in [-0.25, -0.2) is 0 Å². The van der Waals surface area contributed by atoms with E-state index in [2.05, 4.69) is 4.90 Å². The lowest BCUT2D eigenvalue weighted by Crippen LogP contribution is -3.15. The summed E-state index contributed by atoms with van der Waals surface area (Å²) in [4.78, 5) is 3.93. The molecule has 5 nitrogen and oxygen atoms in total. The molecule has 3 rings (SSSR count). The Morgan fingerprint density at radius 3 is 1.93 bits per heavy atom. The Bertz CT molecular complexity index is 763. The lowest BCUT2D eigenvalue weighted by atomic mass is 10.1. The van der Waals surface area contributed by atoms with Crippen molar-refractivity contribution >= 4 is 28.9 Å². The summed E-state index contributed by atoms with van der Waals surface area (Å²) in [5, 5.41) is 1.36. The molecule has 152 valence electrons. The molecule has 0 unspecified atom stereocenters. The number of benzene rings is 2. The lowest BCUT2D eigenvalue weighted by molar-refractivity contribution is -0.900. The standard InChI is InChI=1S/C21H26Cl2N2O3/c1-26-19-10-15(11-20(27-2)21(19)28-3)4-5-24-6-8-25(9-7-24)18-13-16(22)12-17(23)14-18/h10-14H,4-9H2,1-3H3/p+1. The van der Waals surface area contributed by atoms with Crippen LogP contribution in [0.4, 0.5) is 5.69 Å². The molecule has 1 aliphatic heterocycles. The third-order valence-electron chi connectivity index (χ3n) is 5.17. The number of methoxy groups -OCH3 is 3. The molecule has 2 aromatic rings. The van der Waals surface area contributed by atoms with Crippen LogP contribution in [0.3, 0.4) is 0 Å². The second-order valence-electron chi connectivity index (χ2n) is 6.90. The predicted molar refractivity (Wildman–Crippen MR) is 114 cm³/mol. The zero-order valence-corrected chi connectivity index (χ0v) is 18.1. The van der Waals surface area contributed by atoms with Gasteiger partial charge in [-0.05, 0) is 35.9 Å². The number of nitrogens with one attached hydrogen (secondary N) is 1. The van der Waals surface area contributed by atoms with Gasteiger partial charge in [0.1, 0.15) is 0 Å². The largest absolute Gasteiger partial charge is 0.493 e. The van der Waals surface area contributed by atoms with Gasteiger partial charge in [0.05, 0.1) is 54.1 Å². The van der Waals surface area contributed by atoms with Gasteiger partial charge >= 0.3 is 0 Å². The first-order valence-electron chi connectivity index (χ1n) is 9.37. The molecule has 0 aromatic heterocycles. The van der Waals surface area contributed by atoms with Crippen LogP contribution in [0.1, 0.15) is 5.56 Å². The molecule has 0 amide bonds. The Morgan fingerprint density at radius 2 is 1.43 bits per heavy atom. The summed E-state index contributed by atoms with van der Waals surface area (Å²) >= 11 is 12.3. The van der Waals surface area contributed by atoms with E-state index >= 15 is 0 Å². The van der Waals surface area contributed by atoms with Crippen LogP contribution in [-0.2, 0) is 6.42 Å². The minimum Gasteiger partial charge on any atom is -0.493 e. The Labute approximate surface area is 176 Å². The maximum atomic E-state index is 6.14. The minimum atomic E-state index is 0.634. The molecule has 28 heavy (non-hydrogen) atoms. The van der Waals surface area contributed by atoms with Crippen LogP contribution in [0.15, 0.2) is 30.3 Å². The third kappa shape index (κ3) is 4.96. The van der Waals surface area contributed by atoms with E-state index in [0.717, 1.165) is 44.8 Å². The maximum absolute atomic E-state index is 6.14. The molecular formula is C21H27Cl2N2O3+. The van der Waals surface area contributed by atoms with Crippen molar-refractivity contribution in [3.63, 3.8) is 0 Å². The lowest BCUT2D eigenvalue weighted by Gasteiger charge is -2.34. The molecule has 1 N–H and O–H groups in total. The maximum Gasteiger partial charge on any atom is 0.203 e. The quantitative estimate of drug-likeness (QED) is 0.739. The summed E-state index contributed by atoms with van der Waals surface area (Å²) in [6, 6.07) is 9.80. The van der Waals surface area contributed by atoms with Gasteiger partial charge in [-0.15, -0.1) is 0 Å². The molecule has 0 bridgehead atoms. The molecule has 1 saturated heterocycles. The molecule has 1 heterocycles. The fraction of sp³-hybridized carbons (Fsp3) is 0.429. The molecule has 2 aromatic carbocycles. The molecule has 0 atom stereocenters. The third-order valence-corrected chi connectivity index (χ3v) is 5.61. The summed E-state index contributed by atoms with van der Waals surface area (Å²) in [5.41, 5.74) is 2.28. The Balaban J connectivity index is 1.58. The summed E-state index contributed by atoms with van der Waals surface area (Å²) in [7, 11) is 4.91. The van der Waals surface area contributed by atoms with Crippen LogP contribution in [0, 0.1) is 0 Å². The minimum absolute atomic E-state index is 0.634. The van der Waals surface area contributed by atoms with E-state index in [1.165, 1.54) is 5.56 Å². The van der Waals surface area contributed by atoms with Gasteiger partial charge in [0, 0.05) is 22.2 Å². The van der Waals surface area contributed by atoms with Crippen molar-refractivity contribution in [3.8, 4) is 17.2 Å². The van der Waals surface area contributed by atoms with Gasteiger partial charge in [-0.3, -0.25) is 0 Å². The Hall–Kier alpha value is -1.82. The first-order chi connectivity index (χ1) is 13.5. The molecule has 0 saturated carbocycles. The number of hydrogen-bond donors (Lipinski definition) is 1. The number of nitrogens with zero attached hydrogens (tertiary/aromatic N) is 1. The van der Waals surface area contributed by atoms with Crippen molar-refractivity contribution < 1.29 is 19.1 Å². The molecule has 1 fully saturated rings. The summed E-state index contributed by atoms with van der Waals surface area (Å²) in [5.74, 6) is 2.04. The molecular weight excluding hydrogens is 399 g/mol. The number of hydrogen-bond acceptors (Lipinski definition) is 4. The first kappa shape index (κ1) is 20.9. The van der Waals surface area contributed by atoms with E-state index in [-0.39, 0.29) is 0 Å². The predicted octanol–water partition coefficient (Wildman–Crippen LogP) is 2.97. The van der Waals surface area contributed by atoms with E-state index in [9.17, 15) is 0 Å². The summed E-state index contributed by atoms with van der Waals surface area (Å²) < 4.78 is 16.3. The fourth-order valence-electron chi connectivity index (χ4n) is 3.65. The number of anilines is 1. The Kier molecular flexibility index (Phi) is 7.16. The molecule has 0 spiro atoms. The normalized spacial score (nSPS) is 14.8. The average Bonchev–Trinajstić information content (AvgIpc) is 2.71. The van der Waals surface area contributed by atoms with Gasteiger partial charge in [0.15, 0.2) is 11.5 Å². The zero-order valence-electron chi connectivity index (χ0n) is 16.6. The van der Waals surface area contributed by atoms with Gasteiger partial charge < -0.3 is 24.0 Å². The van der Waals surface area contributed by atoms with Crippen molar-refractivity contribution in [2.75, 3.05) is 59.0 Å². The van der Waals surface area contributed by atoms with Crippen LogP contribution >= 0.6 is 23.2 Å². The number of piperazine rings is 1. The van der Waals surface area contributed by atoms with Crippen molar-refractivity contribution in [2.45, 2.75) is 6.42 Å². The molecule has 0 radical (unpaired) electrons. The summed E-state index contributed by atoms with van der Waals surface area (Å²) in [6.45, 7) is 5.19. The molecule has 0 aliphatic carbocycles. The van der Waals surface area contributed by atoms with Crippen molar-refractivity contribution in [1.82, 2.24) is 0 Å². The SMILES string of the molecule is COc1cc(CC[NH+]2CCN(c3cc(Cl)cc(Cl)c3)CC2)cc(OC)c1OC. The highest BCUT2D eigenvalue weighted by atomic mass is 35.5. The van der Waals surface area contributed by atoms with Gasteiger partial charge in [-0.2, -0.15) is 0 Å².